The van der Waals surface area contributed by atoms with E-state index in [2.05, 4.69) is 10.4 Å². The number of nitrogens with zero attached hydrogens (tertiary/aromatic N) is 2. The quantitative estimate of drug-likeness (QED) is 0.498. The number of anilines is 1. The van der Waals surface area contributed by atoms with Crippen LogP contribution < -0.4 is 10.2 Å². The average molecular weight is 415 g/mol. The minimum absolute atomic E-state index is 0.113. The van der Waals surface area contributed by atoms with Crippen LogP contribution in [0, 0.1) is 0 Å². The van der Waals surface area contributed by atoms with Crippen LogP contribution >= 0.6 is 0 Å². The van der Waals surface area contributed by atoms with Gasteiger partial charge in [0.1, 0.15) is 11.3 Å². The van der Waals surface area contributed by atoms with Crippen molar-refractivity contribution >= 4 is 28.8 Å². The number of rotatable bonds is 5. The Labute approximate surface area is 177 Å². The molecule has 8 nitrogen and oxygen atoms in total. The van der Waals surface area contributed by atoms with E-state index in [4.69, 9.17) is 13.9 Å². The molecule has 31 heavy (non-hydrogen) atoms. The lowest BCUT2D eigenvalue weighted by atomic mass is 9.95. The van der Waals surface area contributed by atoms with Crippen LogP contribution in [-0.2, 0) is 15.1 Å². The zero-order valence-corrected chi connectivity index (χ0v) is 16.4. The molecule has 1 unspecified atom stereocenters. The van der Waals surface area contributed by atoms with Crippen molar-refractivity contribution in [1.29, 1.82) is 0 Å². The molecule has 1 atom stereocenters. The van der Waals surface area contributed by atoms with Gasteiger partial charge in [0.2, 0.25) is 5.60 Å². The van der Waals surface area contributed by atoms with Gasteiger partial charge in [-0.05, 0) is 43.3 Å². The Kier molecular flexibility index (Phi) is 4.32. The molecule has 4 aromatic rings. The lowest BCUT2D eigenvalue weighted by molar-refractivity contribution is -0.135. The van der Waals surface area contributed by atoms with Gasteiger partial charge in [-0.15, -0.1) is 5.01 Å². The summed E-state index contributed by atoms with van der Waals surface area (Å²) < 4.78 is 16.7. The Morgan fingerprint density at radius 1 is 0.935 bits per heavy atom. The van der Waals surface area contributed by atoms with E-state index < -0.39 is 17.6 Å². The maximum atomic E-state index is 13.0. The van der Waals surface area contributed by atoms with Crippen molar-refractivity contribution in [3.63, 3.8) is 0 Å². The van der Waals surface area contributed by atoms with Crippen molar-refractivity contribution in [2.45, 2.75) is 12.5 Å². The van der Waals surface area contributed by atoms with E-state index in [0.717, 1.165) is 5.01 Å². The minimum Gasteiger partial charge on any atom is -0.426 e. The smallest absolute Gasteiger partial charge is 0.426 e. The number of hydrogen-bond donors (Lipinski definition) is 1. The summed E-state index contributed by atoms with van der Waals surface area (Å²) in [5.41, 5.74) is 3.74. The third kappa shape index (κ3) is 3.33. The first-order valence-corrected chi connectivity index (χ1v) is 9.56. The summed E-state index contributed by atoms with van der Waals surface area (Å²) in [6, 6.07) is 22.9. The highest BCUT2D eigenvalue weighted by atomic mass is 16.6. The van der Waals surface area contributed by atoms with Gasteiger partial charge in [-0.1, -0.05) is 42.5 Å². The minimum atomic E-state index is -1.46. The third-order valence-electron chi connectivity index (χ3n) is 4.98. The number of aromatic nitrogens is 1. The molecular weight excluding hydrogens is 398 g/mol. The number of fused-ring (bicyclic) bond motifs is 1. The second-order valence-electron chi connectivity index (χ2n) is 7.09. The molecule has 0 aliphatic carbocycles. The molecule has 1 aliphatic rings. The molecule has 5 rings (SSSR count). The van der Waals surface area contributed by atoms with Gasteiger partial charge in [0.05, 0.1) is 5.69 Å². The van der Waals surface area contributed by atoms with Crippen molar-refractivity contribution in [1.82, 2.24) is 9.99 Å². The van der Waals surface area contributed by atoms with Gasteiger partial charge in [0.15, 0.2) is 5.58 Å². The molecule has 1 aliphatic heterocycles. The van der Waals surface area contributed by atoms with E-state index in [0.29, 0.717) is 28.1 Å². The van der Waals surface area contributed by atoms with Crippen molar-refractivity contribution < 1.29 is 23.5 Å². The molecule has 1 N–H and O–H groups in total. The van der Waals surface area contributed by atoms with E-state index in [1.54, 1.807) is 61.5 Å². The van der Waals surface area contributed by atoms with Gasteiger partial charge < -0.3 is 13.9 Å². The Balaban J connectivity index is 1.34. The van der Waals surface area contributed by atoms with Gasteiger partial charge in [-0.3, -0.25) is 10.2 Å². The number of para-hydroxylation sites is 3. The highest BCUT2D eigenvalue weighted by molar-refractivity contribution is 6.04. The molecule has 0 bridgehead atoms. The Bertz CT molecular complexity index is 1240. The van der Waals surface area contributed by atoms with Crippen LogP contribution in [0.25, 0.3) is 11.1 Å². The van der Waals surface area contributed by atoms with Gasteiger partial charge >= 0.3 is 12.2 Å². The summed E-state index contributed by atoms with van der Waals surface area (Å²) in [6.45, 7) is 1.55. The van der Waals surface area contributed by atoms with Crippen LogP contribution in [0.2, 0.25) is 0 Å². The Morgan fingerprint density at radius 2 is 1.65 bits per heavy atom. The van der Waals surface area contributed by atoms with E-state index >= 15 is 0 Å². The first-order valence-electron chi connectivity index (χ1n) is 9.56. The number of hydrazine groups is 1. The van der Waals surface area contributed by atoms with E-state index in [1.807, 2.05) is 24.3 Å². The third-order valence-corrected chi connectivity index (χ3v) is 4.98. The number of hydrogen-bond acceptors (Lipinski definition) is 7. The number of carbonyl (C=O) groups is 2. The monoisotopic (exact) mass is 415 g/mol. The molecule has 1 aromatic heterocycles. The van der Waals surface area contributed by atoms with Gasteiger partial charge in [-0.2, -0.15) is 4.98 Å². The van der Waals surface area contributed by atoms with Crippen molar-refractivity contribution in [2.24, 2.45) is 0 Å². The summed E-state index contributed by atoms with van der Waals surface area (Å²) in [6.07, 6.45) is -0.662. The number of oxazole rings is 1. The molecule has 3 aromatic carbocycles. The highest BCUT2D eigenvalue weighted by Crippen LogP contribution is 2.36. The van der Waals surface area contributed by atoms with Crippen LogP contribution in [0.5, 0.6) is 11.8 Å². The topological polar surface area (TPSA) is 93.9 Å². The van der Waals surface area contributed by atoms with Crippen LogP contribution in [0.1, 0.15) is 12.5 Å². The summed E-state index contributed by atoms with van der Waals surface area (Å²) in [5.74, 6) is -0.0519. The molecule has 1 saturated heterocycles. The lowest BCUT2D eigenvalue weighted by Crippen LogP contribution is -2.39. The van der Waals surface area contributed by atoms with Crippen LogP contribution in [-0.4, -0.2) is 22.0 Å². The Hall–Kier alpha value is -4.33. The van der Waals surface area contributed by atoms with E-state index in [9.17, 15) is 9.59 Å². The fourth-order valence-electron chi connectivity index (χ4n) is 3.32. The number of nitrogens with one attached hydrogen (secondary N) is 1. The fraction of sp³-hybridized carbons (Fsp3) is 0.0870. The molecule has 1 fully saturated rings. The van der Waals surface area contributed by atoms with E-state index in [-0.39, 0.29) is 6.08 Å². The standard InChI is InChI=1S/C23H17N3O5/c1-23(20(27)26(22(28)31-23)25-16-7-3-2-4-8-16)15-11-13-17(14-12-15)29-21-24-18-9-5-6-10-19(18)30-21/h2-14,25H,1H3. The number of imide groups is 1. The highest BCUT2D eigenvalue weighted by Gasteiger charge is 2.52. The number of amides is 2. The van der Waals surface area contributed by atoms with Crippen molar-refractivity contribution in [2.75, 3.05) is 5.43 Å². The van der Waals surface area contributed by atoms with Crippen LogP contribution in [0.15, 0.2) is 83.3 Å². The molecule has 2 amide bonds. The second-order valence-corrected chi connectivity index (χ2v) is 7.09. The van der Waals surface area contributed by atoms with Crippen LogP contribution in [0.4, 0.5) is 10.5 Å². The largest absolute Gasteiger partial charge is 0.437 e. The number of carbonyl (C=O) groups excluding carboxylic acids is 2. The number of cyclic esters (lactones) is 1. The van der Waals surface area contributed by atoms with Gasteiger partial charge in [0.25, 0.3) is 5.91 Å². The van der Waals surface area contributed by atoms with Crippen molar-refractivity contribution in [3.05, 3.63) is 84.4 Å². The second kappa shape index (κ2) is 7.17. The maximum absolute atomic E-state index is 13.0. The Morgan fingerprint density at radius 3 is 2.39 bits per heavy atom. The predicted octanol–water partition coefficient (Wildman–Crippen LogP) is 4.84. The zero-order valence-electron chi connectivity index (χ0n) is 16.4. The molecule has 0 radical (unpaired) electrons. The van der Waals surface area contributed by atoms with Gasteiger partial charge in [0, 0.05) is 5.56 Å². The SMILES string of the molecule is CC1(c2ccc(Oc3nc4ccccc4o3)cc2)OC(=O)N(Nc2ccccc2)C1=O. The molecule has 0 saturated carbocycles. The maximum Gasteiger partial charge on any atom is 0.437 e. The fourth-order valence-corrected chi connectivity index (χ4v) is 3.32. The van der Waals surface area contributed by atoms with E-state index in [1.165, 1.54) is 0 Å². The van der Waals surface area contributed by atoms with Gasteiger partial charge in [-0.25, -0.2) is 4.79 Å². The predicted molar refractivity (Wildman–Crippen MR) is 111 cm³/mol. The summed E-state index contributed by atoms with van der Waals surface area (Å²) in [7, 11) is 0. The zero-order chi connectivity index (χ0) is 21.4. The van der Waals surface area contributed by atoms with Crippen LogP contribution in [0.3, 0.4) is 0 Å². The summed E-state index contributed by atoms with van der Waals surface area (Å²) >= 11 is 0. The molecule has 2 heterocycles. The summed E-state index contributed by atoms with van der Waals surface area (Å²) in [5, 5.41) is 0.873. The number of ether oxygens (including phenoxy) is 2. The molecule has 154 valence electrons. The first-order chi connectivity index (χ1) is 15.0. The molecule has 8 heteroatoms. The first kappa shape index (κ1) is 18.7. The number of benzene rings is 3. The average Bonchev–Trinajstić information content (AvgIpc) is 3.29. The molecular formula is C23H17N3O5. The summed E-state index contributed by atoms with van der Waals surface area (Å²) in [4.78, 5) is 29.6. The molecule has 0 spiro atoms. The lowest BCUT2D eigenvalue weighted by Gasteiger charge is -2.20. The van der Waals surface area contributed by atoms with Crippen molar-refractivity contribution in [3.8, 4) is 11.8 Å². The normalized spacial score (nSPS) is 18.3.